The first-order valence-electron chi connectivity index (χ1n) is 8.02. The van der Waals surface area contributed by atoms with Gasteiger partial charge in [-0.2, -0.15) is 0 Å². The predicted octanol–water partition coefficient (Wildman–Crippen LogP) is 2.86. The highest BCUT2D eigenvalue weighted by Crippen LogP contribution is 2.31. The molecule has 0 bridgehead atoms. The quantitative estimate of drug-likeness (QED) is 0.722. The number of rotatable bonds is 0. The highest BCUT2D eigenvalue weighted by Gasteiger charge is 2.09. The molecule has 3 rings (SSSR count). The molecule has 0 spiro atoms. The van der Waals surface area contributed by atoms with Gasteiger partial charge in [0.1, 0.15) is 0 Å². The summed E-state index contributed by atoms with van der Waals surface area (Å²) < 4.78 is 23.1. The molecule has 128 valence electrons. The van der Waals surface area contributed by atoms with Crippen molar-refractivity contribution in [2.75, 3.05) is 37.9 Å². The van der Waals surface area contributed by atoms with Crippen LogP contribution in [-0.2, 0) is 0 Å². The summed E-state index contributed by atoms with van der Waals surface area (Å²) in [5.74, 6) is 2.68. The first kappa shape index (κ1) is 16.1. The number of benzene rings is 2. The first-order valence-corrected chi connectivity index (χ1v) is 8.02. The van der Waals surface area contributed by atoms with Crippen LogP contribution in [0.1, 0.15) is 12.8 Å². The Bertz CT molecular complexity index is 631. The fraction of sp³-hybridized carbons (Fsp3) is 0.333. The fourth-order valence-corrected chi connectivity index (χ4v) is 2.36. The average Bonchev–Trinajstić information content (AvgIpc) is 2.57. The molecule has 2 aromatic rings. The van der Waals surface area contributed by atoms with Crippen molar-refractivity contribution in [1.29, 1.82) is 0 Å². The highest BCUT2D eigenvalue weighted by molar-refractivity contribution is 5.52. The molecule has 0 amide bonds. The van der Waals surface area contributed by atoms with Crippen molar-refractivity contribution in [3.63, 3.8) is 0 Å². The van der Waals surface area contributed by atoms with Gasteiger partial charge < -0.3 is 30.4 Å². The third kappa shape index (κ3) is 4.16. The molecule has 4 N–H and O–H groups in total. The van der Waals surface area contributed by atoms with Crippen LogP contribution in [0.15, 0.2) is 36.4 Å². The summed E-state index contributed by atoms with van der Waals surface area (Å²) in [6.07, 6.45) is 1.44. The van der Waals surface area contributed by atoms with E-state index in [1.165, 1.54) is 0 Å². The summed E-state index contributed by atoms with van der Waals surface area (Å²) in [4.78, 5) is 0. The number of fused-ring (bicyclic) bond motifs is 2. The Labute approximate surface area is 141 Å². The van der Waals surface area contributed by atoms with E-state index in [2.05, 4.69) is 0 Å². The van der Waals surface area contributed by atoms with Crippen molar-refractivity contribution in [3.8, 4) is 23.0 Å². The molecule has 1 aliphatic heterocycles. The molecule has 6 nitrogen and oxygen atoms in total. The molecule has 6 heteroatoms. The fourth-order valence-electron chi connectivity index (χ4n) is 2.36. The van der Waals surface area contributed by atoms with Gasteiger partial charge in [0.05, 0.1) is 26.4 Å². The second-order valence-corrected chi connectivity index (χ2v) is 5.51. The molecule has 1 aliphatic rings. The molecule has 0 saturated heterocycles. The standard InChI is InChI=1S/C18H22N2O4/c19-13-4-6-16-17(11-13)23-9-1-7-21-15-5-3-14(20)12-18(15)24-10-2-8-22-16/h3-6,11-12H,1-2,7-10,19-20H2. The normalized spacial score (nSPS) is 15.3. The molecule has 1 heterocycles. The second kappa shape index (κ2) is 7.68. The van der Waals surface area contributed by atoms with Crippen LogP contribution in [0.2, 0.25) is 0 Å². The van der Waals surface area contributed by atoms with Gasteiger partial charge in [0.15, 0.2) is 23.0 Å². The Kier molecular flexibility index (Phi) is 5.15. The SMILES string of the molecule is Nc1ccc2c(c1)OCCCOc1ccc(N)cc1OCCCO2. The minimum Gasteiger partial charge on any atom is -0.490 e. The van der Waals surface area contributed by atoms with Gasteiger partial charge >= 0.3 is 0 Å². The Morgan fingerprint density at radius 2 is 0.917 bits per heavy atom. The largest absolute Gasteiger partial charge is 0.490 e. The van der Waals surface area contributed by atoms with Gasteiger partial charge in [-0.3, -0.25) is 0 Å². The van der Waals surface area contributed by atoms with Crippen LogP contribution >= 0.6 is 0 Å². The number of ether oxygens (including phenoxy) is 4. The minimum atomic E-state index is 0.505. The van der Waals surface area contributed by atoms with E-state index in [1.54, 1.807) is 24.3 Å². The van der Waals surface area contributed by atoms with Crippen LogP contribution in [0.4, 0.5) is 11.4 Å². The number of hydrogen-bond acceptors (Lipinski definition) is 6. The predicted molar refractivity (Wildman–Crippen MR) is 92.9 cm³/mol. The Morgan fingerprint density at radius 3 is 1.33 bits per heavy atom. The first-order chi connectivity index (χ1) is 11.7. The highest BCUT2D eigenvalue weighted by atomic mass is 16.5. The van der Waals surface area contributed by atoms with Gasteiger partial charge in [0, 0.05) is 36.3 Å². The number of anilines is 2. The lowest BCUT2D eigenvalue weighted by Crippen LogP contribution is -2.10. The second-order valence-electron chi connectivity index (χ2n) is 5.51. The van der Waals surface area contributed by atoms with Crippen molar-refractivity contribution in [3.05, 3.63) is 36.4 Å². The van der Waals surface area contributed by atoms with Gasteiger partial charge in [-0.1, -0.05) is 0 Å². The lowest BCUT2D eigenvalue weighted by molar-refractivity contribution is 0.203. The van der Waals surface area contributed by atoms with E-state index in [4.69, 9.17) is 30.4 Å². The summed E-state index contributed by atoms with van der Waals surface area (Å²) in [6, 6.07) is 10.8. The van der Waals surface area contributed by atoms with Gasteiger partial charge in [-0.15, -0.1) is 0 Å². The van der Waals surface area contributed by atoms with E-state index in [1.807, 2.05) is 12.1 Å². The molecule has 0 aliphatic carbocycles. The molecule has 0 unspecified atom stereocenters. The van der Waals surface area contributed by atoms with Crippen LogP contribution in [0, 0.1) is 0 Å². The molecular weight excluding hydrogens is 308 g/mol. The van der Waals surface area contributed by atoms with Gasteiger partial charge in [0.25, 0.3) is 0 Å². The van der Waals surface area contributed by atoms with Crippen molar-refractivity contribution < 1.29 is 18.9 Å². The molecule has 24 heavy (non-hydrogen) atoms. The van der Waals surface area contributed by atoms with Gasteiger partial charge in [-0.25, -0.2) is 0 Å². The maximum Gasteiger partial charge on any atom is 0.163 e. The molecular formula is C18H22N2O4. The van der Waals surface area contributed by atoms with E-state index < -0.39 is 0 Å². The lowest BCUT2D eigenvalue weighted by atomic mass is 10.2. The zero-order valence-electron chi connectivity index (χ0n) is 13.5. The molecule has 0 fully saturated rings. The van der Waals surface area contributed by atoms with E-state index in [0.29, 0.717) is 60.8 Å². The molecule has 0 atom stereocenters. The maximum absolute atomic E-state index is 5.82. The summed E-state index contributed by atoms with van der Waals surface area (Å²) in [7, 11) is 0. The molecule has 2 aromatic carbocycles. The Hall–Kier alpha value is -2.76. The van der Waals surface area contributed by atoms with Crippen molar-refractivity contribution in [2.24, 2.45) is 0 Å². The monoisotopic (exact) mass is 330 g/mol. The number of nitrogen functional groups attached to an aromatic ring is 2. The van der Waals surface area contributed by atoms with Crippen LogP contribution in [0.5, 0.6) is 23.0 Å². The van der Waals surface area contributed by atoms with Gasteiger partial charge in [-0.05, 0) is 24.3 Å². The topological polar surface area (TPSA) is 89.0 Å². The minimum absolute atomic E-state index is 0.505. The van der Waals surface area contributed by atoms with Crippen LogP contribution in [0.25, 0.3) is 0 Å². The van der Waals surface area contributed by atoms with Crippen LogP contribution in [-0.4, -0.2) is 26.4 Å². The van der Waals surface area contributed by atoms with Crippen molar-refractivity contribution in [2.45, 2.75) is 12.8 Å². The zero-order valence-corrected chi connectivity index (χ0v) is 13.5. The third-order valence-electron chi connectivity index (χ3n) is 3.54. The third-order valence-corrected chi connectivity index (χ3v) is 3.54. The Balaban J connectivity index is 1.71. The van der Waals surface area contributed by atoms with Crippen molar-refractivity contribution in [1.82, 2.24) is 0 Å². The lowest BCUT2D eigenvalue weighted by Gasteiger charge is -2.17. The van der Waals surface area contributed by atoms with Gasteiger partial charge in [0.2, 0.25) is 0 Å². The maximum atomic E-state index is 5.82. The summed E-state index contributed by atoms with van der Waals surface area (Å²) in [5, 5.41) is 0. The van der Waals surface area contributed by atoms with Crippen LogP contribution in [0.3, 0.4) is 0 Å². The van der Waals surface area contributed by atoms with E-state index in [9.17, 15) is 0 Å². The summed E-state index contributed by atoms with van der Waals surface area (Å²) >= 11 is 0. The van der Waals surface area contributed by atoms with Crippen LogP contribution < -0.4 is 30.4 Å². The van der Waals surface area contributed by atoms with Crippen molar-refractivity contribution >= 4 is 11.4 Å². The average molecular weight is 330 g/mol. The number of hydrogen-bond donors (Lipinski definition) is 2. The Morgan fingerprint density at radius 1 is 0.542 bits per heavy atom. The summed E-state index contributed by atoms with van der Waals surface area (Å²) in [6.45, 7) is 2.04. The molecule has 0 saturated carbocycles. The summed E-state index contributed by atoms with van der Waals surface area (Å²) in [5.41, 5.74) is 12.9. The smallest absolute Gasteiger partial charge is 0.163 e. The number of nitrogens with two attached hydrogens (primary N) is 2. The zero-order chi connectivity index (χ0) is 16.8. The molecule has 0 aromatic heterocycles. The van der Waals surface area contributed by atoms with E-state index in [0.717, 1.165) is 12.8 Å². The molecule has 0 radical (unpaired) electrons. The van der Waals surface area contributed by atoms with E-state index in [-0.39, 0.29) is 0 Å². The van der Waals surface area contributed by atoms with E-state index >= 15 is 0 Å².